The first-order valence-electron chi connectivity index (χ1n) is 7.79. The number of aliphatic carboxylic acids is 1. The fraction of sp³-hybridized carbons (Fsp3) is 0.167. The monoisotopic (exact) mass is 376 g/mol. The summed E-state index contributed by atoms with van der Waals surface area (Å²) in [6.07, 6.45) is 0.232. The smallest absolute Gasteiger partial charge is 0.326 e. The van der Waals surface area contributed by atoms with Gasteiger partial charge in [-0.3, -0.25) is 4.79 Å². The fourth-order valence-electron chi connectivity index (χ4n) is 2.62. The zero-order valence-corrected chi connectivity index (χ0v) is 14.5. The van der Waals surface area contributed by atoms with Crippen LogP contribution in [0.5, 0.6) is 0 Å². The van der Waals surface area contributed by atoms with Gasteiger partial charge in [0.05, 0.1) is 10.2 Å². The van der Waals surface area contributed by atoms with Crippen LogP contribution < -0.4 is 4.80 Å². The van der Waals surface area contributed by atoms with E-state index in [0.717, 1.165) is 23.5 Å². The molecule has 0 bridgehead atoms. The summed E-state index contributed by atoms with van der Waals surface area (Å²) in [7, 11) is 0. The van der Waals surface area contributed by atoms with Gasteiger partial charge >= 0.3 is 5.97 Å². The Bertz CT molecular complexity index is 1050. The number of thiazole rings is 1. The molecule has 0 aliphatic carbocycles. The molecule has 5 nitrogen and oxygen atoms in total. The minimum Gasteiger partial charge on any atom is -0.480 e. The number of carbonyl (C=O) groups is 2. The molecular weight excluding hydrogens is 362 g/mol. The Kier molecular flexibility index (Phi) is 4.94. The van der Waals surface area contributed by atoms with Crippen molar-refractivity contribution in [2.45, 2.75) is 19.4 Å². The molecule has 134 valence electrons. The first kappa shape index (κ1) is 17.9. The predicted molar refractivity (Wildman–Crippen MR) is 93.0 cm³/mol. The van der Waals surface area contributed by atoms with Gasteiger partial charge < -0.3 is 9.67 Å². The normalized spacial score (nSPS) is 13.1. The van der Waals surface area contributed by atoms with Gasteiger partial charge in [0.25, 0.3) is 5.91 Å². The van der Waals surface area contributed by atoms with Crippen molar-refractivity contribution in [1.82, 2.24) is 4.57 Å². The zero-order valence-electron chi connectivity index (χ0n) is 13.6. The number of benzene rings is 2. The number of aromatic nitrogens is 1. The van der Waals surface area contributed by atoms with E-state index >= 15 is 0 Å². The van der Waals surface area contributed by atoms with Gasteiger partial charge in [0, 0.05) is 5.56 Å². The van der Waals surface area contributed by atoms with Crippen LogP contribution in [0.1, 0.15) is 29.7 Å². The minimum absolute atomic E-state index is 0.0775. The molecule has 1 heterocycles. The Hall–Kier alpha value is -2.87. The van der Waals surface area contributed by atoms with Crippen LogP contribution in [0, 0.1) is 11.6 Å². The molecular formula is C18H14F2N2O3S. The van der Waals surface area contributed by atoms with E-state index in [9.17, 15) is 23.5 Å². The highest BCUT2D eigenvalue weighted by Crippen LogP contribution is 2.25. The van der Waals surface area contributed by atoms with Gasteiger partial charge in [0.1, 0.15) is 17.7 Å². The molecule has 0 saturated carbocycles. The van der Waals surface area contributed by atoms with Crippen molar-refractivity contribution in [2.75, 3.05) is 0 Å². The number of amides is 1. The van der Waals surface area contributed by atoms with Crippen LogP contribution in [-0.2, 0) is 4.79 Å². The van der Waals surface area contributed by atoms with Gasteiger partial charge in [-0.05, 0) is 42.8 Å². The number of carbonyl (C=O) groups excluding carboxylic acids is 1. The Labute approximate surface area is 150 Å². The summed E-state index contributed by atoms with van der Waals surface area (Å²) in [5, 5.41) is 9.50. The molecule has 1 N–H and O–H groups in total. The second-order valence-electron chi connectivity index (χ2n) is 5.53. The molecule has 8 heteroatoms. The topological polar surface area (TPSA) is 71.7 Å². The number of carboxylic acids is 1. The maximum atomic E-state index is 14.1. The highest BCUT2D eigenvalue weighted by Gasteiger charge is 2.23. The van der Waals surface area contributed by atoms with Gasteiger partial charge in [0.15, 0.2) is 4.80 Å². The molecule has 0 aliphatic rings. The third-order valence-electron chi connectivity index (χ3n) is 3.88. The van der Waals surface area contributed by atoms with Crippen molar-refractivity contribution < 1.29 is 23.5 Å². The standard InChI is InChI=1S/C18H14F2N2O3S/c1-2-13(17(24)25)22-14-5-3-4-12(20)15(14)26-18(22)21-16(23)10-6-8-11(19)9-7-10/h3-9,13H,2H2,1H3,(H,24,25)/b21-18-. The van der Waals surface area contributed by atoms with E-state index in [-0.39, 0.29) is 21.5 Å². The minimum atomic E-state index is -1.10. The van der Waals surface area contributed by atoms with Crippen LogP contribution in [0.15, 0.2) is 47.5 Å². The Morgan fingerprint density at radius 2 is 1.88 bits per heavy atom. The summed E-state index contributed by atoms with van der Waals surface area (Å²) in [6, 6.07) is 8.16. The molecule has 3 rings (SSSR count). The molecule has 26 heavy (non-hydrogen) atoms. The Balaban J connectivity index is 2.24. The van der Waals surface area contributed by atoms with Crippen molar-refractivity contribution >= 4 is 33.4 Å². The van der Waals surface area contributed by atoms with E-state index in [1.54, 1.807) is 13.0 Å². The number of rotatable bonds is 4. The summed E-state index contributed by atoms with van der Waals surface area (Å²) in [6.45, 7) is 1.68. The van der Waals surface area contributed by atoms with Gasteiger partial charge in [-0.2, -0.15) is 4.99 Å². The van der Waals surface area contributed by atoms with E-state index in [0.29, 0.717) is 5.52 Å². The van der Waals surface area contributed by atoms with Crippen LogP contribution in [0.2, 0.25) is 0 Å². The summed E-state index contributed by atoms with van der Waals surface area (Å²) in [5.74, 6) is -2.77. The molecule has 1 unspecified atom stereocenters. The first-order valence-corrected chi connectivity index (χ1v) is 8.61. The van der Waals surface area contributed by atoms with Crippen LogP contribution >= 0.6 is 11.3 Å². The largest absolute Gasteiger partial charge is 0.480 e. The highest BCUT2D eigenvalue weighted by molar-refractivity contribution is 7.16. The predicted octanol–water partition coefficient (Wildman–Crippen LogP) is 3.76. The van der Waals surface area contributed by atoms with Crippen LogP contribution in [-0.4, -0.2) is 21.6 Å². The molecule has 0 saturated heterocycles. The molecule has 0 spiro atoms. The molecule has 1 atom stereocenters. The molecule has 2 aromatic carbocycles. The summed E-state index contributed by atoms with van der Waals surface area (Å²) < 4.78 is 28.7. The van der Waals surface area contributed by atoms with E-state index in [2.05, 4.69) is 4.99 Å². The lowest BCUT2D eigenvalue weighted by Gasteiger charge is -2.13. The van der Waals surface area contributed by atoms with Gasteiger partial charge in [-0.15, -0.1) is 0 Å². The lowest BCUT2D eigenvalue weighted by Crippen LogP contribution is -2.27. The van der Waals surface area contributed by atoms with Crippen LogP contribution in [0.4, 0.5) is 8.78 Å². The second kappa shape index (κ2) is 7.17. The molecule has 0 radical (unpaired) electrons. The number of hydrogen-bond acceptors (Lipinski definition) is 3. The lowest BCUT2D eigenvalue weighted by atomic mass is 10.2. The quantitative estimate of drug-likeness (QED) is 0.754. The lowest BCUT2D eigenvalue weighted by molar-refractivity contribution is -0.140. The van der Waals surface area contributed by atoms with E-state index in [4.69, 9.17) is 0 Å². The van der Waals surface area contributed by atoms with Gasteiger partial charge in [-0.25, -0.2) is 13.6 Å². The highest BCUT2D eigenvalue weighted by atomic mass is 32.1. The first-order chi connectivity index (χ1) is 12.4. The van der Waals surface area contributed by atoms with E-state index in [1.165, 1.54) is 28.8 Å². The average molecular weight is 376 g/mol. The second-order valence-corrected chi connectivity index (χ2v) is 6.51. The van der Waals surface area contributed by atoms with Crippen LogP contribution in [0.3, 0.4) is 0 Å². The molecule has 1 amide bonds. The van der Waals surface area contributed by atoms with E-state index in [1.807, 2.05) is 0 Å². The van der Waals surface area contributed by atoms with Crippen molar-refractivity contribution in [3.05, 3.63) is 64.5 Å². The summed E-state index contributed by atoms with van der Waals surface area (Å²) >= 11 is 0.901. The fourth-order valence-corrected chi connectivity index (χ4v) is 3.69. The number of carboxylic acid groups (broad SMARTS) is 1. The third-order valence-corrected chi connectivity index (χ3v) is 4.96. The molecule has 1 aromatic heterocycles. The maximum absolute atomic E-state index is 14.1. The third kappa shape index (κ3) is 3.28. The number of nitrogens with zero attached hydrogens (tertiary/aromatic N) is 2. The van der Waals surface area contributed by atoms with Crippen molar-refractivity contribution in [3.8, 4) is 0 Å². The zero-order chi connectivity index (χ0) is 18.8. The SMILES string of the molecule is CCC(C(=O)O)n1/c(=N/C(=O)c2ccc(F)cc2)sc2c(F)cccc21. The number of halogens is 2. The number of hydrogen-bond donors (Lipinski definition) is 1. The molecule has 0 aliphatic heterocycles. The summed E-state index contributed by atoms with van der Waals surface area (Å²) in [4.78, 5) is 28.1. The van der Waals surface area contributed by atoms with Gasteiger partial charge in [0.2, 0.25) is 0 Å². The summed E-state index contributed by atoms with van der Waals surface area (Å²) in [5.41, 5.74) is 0.508. The van der Waals surface area contributed by atoms with Crippen molar-refractivity contribution in [3.63, 3.8) is 0 Å². The Morgan fingerprint density at radius 3 is 2.50 bits per heavy atom. The van der Waals surface area contributed by atoms with E-state index < -0.39 is 29.6 Å². The van der Waals surface area contributed by atoms with Crippen LogP contribution in [0.25, 0.3) is 10.2 Å². The van der Waals surface area contributed by atoms with Crippen molar-refractivity contribution in [1.29, 1.82) is 0 Å². The van der Waals surface area contributed by atoms with Gasteiger partial charge in [-0.1, -0.05) is 24.3 Å². The number of fused-ring (bicyclic) bond motifs is 1. The molecule has 3 aromatic rings. The molecule has 0 fully saturated rings. The maximum Gasteiger partial charge on any atom is 0.326 e. The van der Waals surface area contributed by atoms with Crippen molar-refractivity contribution in [2.24, 2.45) is 4.99 Å². The average Bonchev–Trinajstić information content (AvgIpc) is 2.95. The Morgan fingerprint density at radius 1 is 1.19 bits per heavy atom.